The van der Waals surface area contributed by atoms with Gasteiger partial charge in [-0.15, -0.1) is 0 Å². The van der Waals surface area contributed by atoms with E-state index in [9.17, 15) is 19.5 Å². The standard InChI is InChI=1S/C12H20O7.Na/c1-4-17-9(13)7-12(16,11(15)19-6-3)8-10(14)18-5-2;/h16H,4-8H2,1-3H3;. The monoisotopic (exact) mass is 299 g/mol. The molecule has 0 spiro atoms. The van der Waals surface area contributed by atoms with E-state index >= 15 is 0 Å². The van der Waals surface area contributed by atoms with Crippen molar-refractivity contribution in [2.24, 2.45) is 0 Å². The molecule has 0 heterocycles. The summed E-state index contributed by atoms with van der Waals surface area (Å²) < 4.78 is 14.0. The zero-order valence-electron chi connectivity index (χ0n) is 12.4. The molecule has 0 bridgehead atoms. The van der Waals surface area contributed by atoms with Gasteiger partial charge in [0.2, 0.25) is 0 Å². The number of rotatable bonds is 8. The molecular formula is C12H20NaO7. The van der Waals surface area contributed by atoms with Crippen LogP contribution >= 0.6 is 0 Å². The molecule has 0 saturated carbocycles. The van der Waals surface area contributed by atoms with Crippen molar-refractivity contribution in [3.05, 3.63) is 0 Å². The number of hydrogen-bond acceptors (Lipinski definition) is 7. The van der Waals surface area contributed by atoms with Crippen LogP contribution in [-0.4, -0.2) is 78.0 Å². The van der Waals surface area contributed by atoms with E-state index in [2.05, 4.69) is 14.2 Å². The molecule has 1 radical (unpaired) electrons. The van der Waals surface area contributed by atoms with Gasteiger partial charge >= 0.3 is 17.9 Å². The van der Waals surface area contributed by atoms with Crippen molar-refractivity contribution in [3.63, 3.8) is 0 Å². The molecule has 0 aliphatic heterocycles. The minimum atomic E-state index is -2.26. The van der Waals surface area contributed by atoms with E-state index in [0.29, 0.717) is 0 Å². The van der Waals surface area contributed by atoms with Gasteiger partial charge in [0, 0.05) is 29.6 Å². The van der Waals surface area contributed by atoms with E-state index in [-0.39, 0.29) is 49.4 Å². The first-order valence-corrected chi connectivity index (χ1v) is 6.10. The van der Waals surface area contributed by atoms with Crippen molar-refractivity contribution in [1.82, 2.24) is 0 Å². The van der Waals surface area contributed by atoms with Gasteiger partial charge in [0.05, 0.1) is 32.7 Å². The van der Waals surface area contributed by atoms with Crippen LogP contribution in [0.4, 0.5) is 0 Å². The predicted molar refractivity (Wildman–Crippen MR) is 69.8 cm³/mol. The number of esters is 3. The molecule has 0 aromatic carbocycles. The minimum absolute atomic E-state index is 0. The minimum Gasteiger partial charge on any atom is -0.466 e. The summed E-state index contributed by atoms with van der Waals surface area (Å²) in [6.07, 6.45) is -1.31. The molecule has 0 aliphatic carbocycles. The summed E-state index contributed by atoms with van der Waals surface area (Å²) in [6, 6.07) is 0. The summed E-state index contributed by atoms with van der Waals surface area (Å²) in [7, 11) is 0. The average Bonchev–Trinajstić information content (AvgIpc) is 2.29. The van der Waals surface area contributed by atoms with Gasteiger partial charge in [0.25, 0.3) is 0 Å². The Hall–Kier alpha value is -0.630. The molecule has 0 aliphatic rings. The summed E-state index contributed by atoms with van der Waals surface area (Å²) in [5, 5.41) is 10.1. The first kappa shape index (κ1) is 21.7. The zero-order valence-corrected chi connectivity index (χ0v) is 14.4. The molecule has 1 N–H and O–H groups in total. The Bertz CT molecular complexity index is 310. The van der Waals surface area contributed by atoms with Gasteiger partial charge in [0.15, 0.2) is 5.60 Å². The Balaban J connectivity index is 0. The van der Waals surface area contributed by atoms with Crippen molar-refractivity contribution < 1.29 is 33.7 Å². The second-order valence-corrected chi connectivity index (χ2v) is 3.72. The van der Waals surface area contributed by atoms with Gasteiger partial charge in [0.1, 0.15) is 0 Å². The Morgan fingerprint density at radius 3 is 1.50 bits per heavy atom. The van der Waals surface area contributed by atoms with Gasteiger partial charge in [-0.05, 0) is 20.8 Å². The molecule has 0 aromatic heterocycles. The summed E-state index contributed by atoms with van der Waals surface area (Å²) in [5.41, 5.74) is -2.26. The first-order chi connectivity index (χ1) is 8.89. The van der Waals surface area contributed by atoms with Crippen molar-refractivity contribution in [2.45, 2.75) is 39.2 Å². The second-order valence-electron chi connectivity index (χ2n) is 3.72. The second kappa shape index (κ2) is 11.1. The van der Waals surface area contributed by atoms with Crippen LogP contribution in [0.1, 0.15) is 33.6 Å². The summed E-state index contributed by atoms with van der Waals surface area (Å²) in [5.74, 6) is -2.62. The molecule has 7 nitrogen and oxygen atoms in total. The van der Waals surface area contributed by atoms with E-state index in [1.54, 1.807) is 20.8 Å². The van der Waals surface area contributed by atoms with Crippen LogP contribution in [0, 0.1) is 0 Å². The maximum Gasteiger partial charge on any atom is 0.339 e. The SMILES string of the molecule is CCOC(=O)CC(O)(CC(=O)OCC)C(=O)OCC.[Na]. The van der Waals surface area contributed by atoms with Crippen LogP contribution in [0.5, 0.6) is 0 Å². The zero-order chi connectivity index (χ0) is 14.9. The third-order valence-corrected chi connectivity index (χ3v) is 2.14. The molecule has 0 atom stereocenters. The van der Waals surface area contributed by atoms with Gasteiger partial charge in [-0.25, -0.2) is 4.79 Å². The van der Waals surface area contributed by atoms with E-state index in [0.717, 1.165) is 0 Å². The molecule has 0 amide bonds. The normalized spacial score (nSPS) is 10.2. The fourth-order valence-corrected chi connectivity index (χ4v) is 1.37. The maximum absolute atomic E-state index is 11.7. The van der Waals surface area contributed by atoms with Gasteiger partial charge in [-0.3, -0.25) is 9.59 Å². The summed E-state index contributed by atoms with van der Waals surface area (Å²) in [4.78, 5) is 34.4. The molecule has 0 rings (SSSR count). The number of carbonyl (C=O) groups excluding carboxylic acids is 3. The number of ether oxygens (including phenoxy) is 3. The van der Waals surface area contributed by atoms with Crippen molar-refractivity contribution >= 4 is 47.5 Å². The number of hydrogen-bond donors (Lipinski definition) is 1. The largest absolute Gasteiger partial charge is 0.466 e. The van der Waals surface area contributed by atoms with E-state index in [4.69, 9.17) is 0 Å². The molecule has 0 fully saturated rings. The fourth-order valence-electron chi connectivity index (χ4n) is 1.37. The van der Waals surface area contributed by atoms with E-state index in [1.807, 2.05) is 0 Å². The van der Waals surface area contributed by atoms with Crippen LogP contribution in [0.15, 0.2) is 0 Å². The first-order valence-electron chi connectivity index (χ1n) is 6.10. The fraction of sp³-hybridized carbons (Fsp3) is 0.750. The molecule has 111 valence electrons. The van der Waals surface area contributed by atoms with Gasteiger partial charge in [-0.2, -0.15) is 0 Å². The smallest absolute Gasteiger partial charge is 0.339 e. The quantitative estimate of drug-likeness (QED) is 0.376. The van der Waals surface area contributed by atoms with Crippen LogP contribution in [0.3, 0.4) is 0 Å². The van der Waals surface area contributed by atoms with Crippen LogP contribution in [0.25, 0.3) is 0 Å². The molecule has 8 heteroatoms. The Labute approximate surface area is 140 Å². The molecule has 0 unspecified atom stereocenters. The predicted octanol–water partition coefficient (Wildman–Crippen LogP) is -0.194. The van der Waals surface area contributed by atoms with E-state index < -0.39 is 36.4 Å². The number of aliphatic hydroxyl groups is 1. The topological polar surface area (TPSA) is 99.1 Å². The van der Waals surface area contributed by atoms with Crippen LogP contribution in [-0.2, 0) is 28.6 Å². The summed E-state index contributed by atoms with van der Waals surface area (Å²) >= 11 is 0. The van der Waals surface area contributed by atoms with Crippen LogP contribution in [0.2, 0.25) is 0 Å². The molecular weight excluding hydrogens is 279 g/mol. The van der Waals surface area contributed by atoms with Gasteiger partial charge in [-0.1, -0.05) is 0 Å². The average molecular weight is 299 g/mol. The Kier molecular flexibility index (Phi) is 12.0. The molecule has 0 saturated heterocycles. The third kappa shape index (κ3) is 7.84. The van der Waals surface area contributed by atoms with Crippen molar-refractivity contribution in [1.29, 1.82) is 0 Å². The van der Waals surface area contributed by atoms with E-state index in [1.165, 1.54) is 0 Å². The Morgan fingerprint density at radius 2 is 1.20 bits per heavy atom. The number of carbonyl (C=O) groups is 3. The third-order valence-electron chi connectivity index (χ3n) is 2.14. The van der Waals surface area contributed by atoms with Crippen LogP contribution < -0.4 is 0 Å². The van der Waals surface area contributed by atoms with Crippen molar-refractivity contribution in [2.75, 3.05) is 19.8 Å². The maximum atomic E-state index is 11.7. The Morgan fingerprint density at radius 1 is 0.850 bits per heavy atom. The van der Waals surface area contributed by atoms with Crippen molar-refractivity contribution in [3.8, 4) is 0 Å². The van der Waals surface area contributed by atoms with Gasteiger partial charge < -0.3 is 19.3 Å². The molecule has 0 aromatic rings. The summed E-state index contributed by atoms with van der Waals surface area (Å²) in [6.45, 7) is 4.97. The molecule has 20 heavy (non-hydrogen) atoms.